The van der Waals surface area contributed by atoms with Crippen molar-refractivity contribution in [2.24, 2.45) is 0 Å². The van der Waals surface area contributed by atoms with E-state index in [-0.39, 0.29) is 23.2 Å². The van der Waals surface area contributed by atoms with E-state index in [1.54, 1.807) is 18.2 Å². The van der Waals surface area contributed by atoms with Gasteiger partial charge in [-0.25, -0.2) is 9.78 Å². The predicted octanol–water partition coefficient (Wildman–Crippen LogP) is 5.12. The molecule has 1 heterocycles. The van der Waals surface area contributed by atoms with Crippen molar-refractivity contribution in [3.63, 3.8) is 0 Å². The Morgan fingerprint density at radius 1 is 1.14 bits per heavy atom. The summed E-state index contributed by atoms with van der Waals surface area (Å²) < 4.78 is 5.23. The molecule has 0 atom stereocenters. The van der Waals surface area contributed by atoms with E-state index in [0.717, 1.165) is 16.8 Å². The van der Waals surface area contributed by atoms with Gasteiger partial charge in [0.2, 0.25) is 0 Å². The fourth-order valence-corrected chi connectivity index (χ4v) is 3.24. The summed E-state index contributed by atoms with van der Waals surface area (Å²) >= 11 is 6.00. The van der Waals surface area contributed by atoms with Crippen LogP contribution in [0.5, 0.6) is 0 Å². The molecular weight excluding hydrogens is 376 g/mol. The summed E-state index contributed by atoms with van der Waals surface area (Å²) in [6.45, 7) is 5.66. The predicted molar refractivity (Wildman–Crippen MR) is 111 cm³/mol. The van der Waals surface area contributed by atoms with Crippen LogP contribution in [-0.2, 0) is 9.53 Å². The minimum Gasteiger partial charge on any atom is -0.452 e. The molecular formula is C22H21ClN2O3. The Kier molecular flexibility index (Phi) is 5.95. The largest absolute Gasteiger partial charge is 0.452 e. The molecule has 0 unspecified atom stereocenters. The Hall–Kier alpha value is -2.92. The number of fused-ring (bicyclic) bond motifs is 1. The molecule has 0 spiro atoms. The minimum absolute atomic E-state index is 0.191. The van der Waals surface area contributed by atoms with Crippen molar-refractivity contribution in [2.45, 2.75) is 26.7 Å². The van der Waals surface area contributed by atoms with Crippen LogP contribution in [0.1, 0.15) is 41.3 Å². The van der Waals surface area contributed by atoms with Crippen LogP contribution in [0.2, 0.25) is 5.15 Å². The van der Waals surface area contributed by atoms with E-state index >= 15 is 0 Å². The number of hydrogen-bond donors (Lipinski definition) is 1. The lowest BCUT2D eigenvalue weighted by molar-refractivity contribution is -0.119. The molecule has 5 nitrogen and oxygen atoms in total. The first-order valence-electron chi connectivity index (χ1n) is 8.98. The lowest BCUT2D eigenvalue weighted by Gasteiger charge is -2.16. The zero-order chi connectivity index (χ0) is 20.3. The average Bonchev–Trinajstić information content (AvgIpc) is 2.66. The van der Waals surface area contributed by atoms with Crippen molar-refractivity contribution >= 4 is 40.1 Å². The molecule has 1 amide bonds. The number of pyridine rings is 1. The number of ether oxygens (including phenoxy) is 1. The molecule has 0 radical (unpaired) electrons. The average molecular weight is 397 g/mol. The third kappa shape index (κ3) is 4.31. The van der Waals surface area contributed by atoms with E-state index < -0.39 is 11.9 Å². The monoisotopic (exact) mass is 396 g/mol. The second-order valence-electron chi connectivity index (χ2n) is 6.83. The van der Waals surface area contributed by atoms with Gasteiger partial charge >= 0.3 is 5.97 Å². The maximum Gasteiger partial charge on any atom is 0.339 e. The van der Waals surface area contributed by atoms with Crippen molar-refractivity contribution < 1.29 is 14.3 Å². The van der Waals surface area contributed by atoms with Crippen LogP contribution >= 0.6 is 11.6 Å². The summed E-state index contributed by atoms with van der Waals surface area (Å²) in [6.07, 6.45) is 0. The fraction of sp³-hybridized carbons (Fsp3) is 0.227. The number of carbonyl (C=O) groups is 2. The zero-order valence-corrected chi connectivity index (χ0v) is 16.7. The molecule has 2 aromatic carbocycles. The number of aromatic nitrogens is 1. The van der Waals surface area contributed by atoms with Crippen LogP contribution in [0.4, 0.5) is 5.69 Å². The first-order chi connectivity index (χ1) is 13.4. The van der Waals surface area contributed by atoms with E-state index in [4.69, 9.17) is 16.3 Å². The molecule has 0 fully saturated rings. The summed E-state index contributed by atoms with van der Waals surface area (Å²) in [5, 5.41) is 3.68. The molecule has 0 saturated carbocycles. The van der Waals surface area contributed by atoms with E-state index in [1.165, 1.54) is 6.07 Å². The van der Waals surface area contributed by atoms with Gasteiger partial charge in [0.25, 0.3) is 5.91 Å². The maximum atomic E-state index is 12.5. The SMILES string of the molecule is Cc1cccc(C(C)C)c1NC(=O)COC(=O)c1cc(Cl)nc2ccccc12. The Morgan fingerprint density at radius 3 is 2.64 bits per heavy atom. The quantitative estimate of drug-likeness (QED) is 0.480. The van der Waals surface area contributed by atoms with Gasteiger partial charge in [-0.05, 0) is 36.1 Å². The number of halogens is 1. The summed E-state index contributed by atoms with van der Waals surface area (Å²) in [4.78, 5) is 29.1. The van der Waals surface area contributed by atoms with Crippen LogP contribution in [-0.4, -0.2) is 23.5 Å². The molecule has 0 saturated heterocycles. The summed E-state index contributed by atoms with van der Waals surface area (Å²) in [5.41, 5.74) is 3.62. The third-order valence-corrected chi connectivity index (χ3v) is 4.62. The molecule has 144 valence electrons. The van der Waals surface area contributed by atoms with Crippen molar-refractivity contribution in [1.29, 1.82) is 0 Å². The van der Waals surface area contributed by atoms with Crippen LogP contribution in [0, 0.1) is 6.92 Å². The maximum absolute atomic E-state index is 12.5. The van der Waals surface area contributed by atoms with Gasteiger partial charge in [-0.2, -0.15) is 0 Å². The first kappa shape index (κ1) is 19.8. The normalized spacial score (nSPS) is 10.9. The highest BCUT2D eigenvalue weighted by atomic mass is 35.5. The van der Waals surface area contributed by atoms with Crippen LogP contribution < -0.4 is 5.32 Å². The number of nitrogens with zero attached hydrogens (tertiary/aromatic N) is 1. The minimum atomic E-state index is -0.621. The second-order valence-corrected chi connectivity index (χ2v) is 7.22. The highest BCUT2D eigenvalue weighted by Gasteiger charge is 2.17. The van der Waals surface area contributed by atoms with Crippen LogP contribution in [0.25, 0.3) is 10.9 Å². The van der Waals surface area contributed by atoms with Crippen molar-refractivity contribution in [3.05, 3.63) is 70.4 Å². The number of benzene rings is 2. The number of carbonyl (C=O) groups excluding carboxylic acids is 2. The molecule has 3 rings (SSSR count). The van der Waals surface area contributed by atoms with E-state index in [9.17, 15) is 9.59 Å². The number of amides is 1. The van der Waals surface area contributed by atoms with Gasteiger partial charge < -0.3 is 10.1 Å². The van der Waals surface area contributed by atoms with Gasteiger partial charge in [0.05, 0.1) is 11.1 Å². The number of aryl methyl sites for hydroxylation is 1. The lowest BCUT2D eigenvalue weighted by atomic mass is 9.98. The van der Waals surface area contributed by atoms with Gasteiger partial charge in [-0.3, -0.25) is 4.79 Å². The van der Waals surface area contributed by atoms with Crippen molar-refractivity contribution in [3.8, 4) is 0 Å². The second kappa shape index (κ2) is 8.40. The molecule has 6 heteroatoms. The Morgan fingerprint density at radius 2 is 1.89 bits per heavy atom. The molecule has 0 aliphatic rings. The fourth-order valence-electron chi connectivity index (χ4n) is 3.04. The highest BCUT2D eigenvalue weighted by Crippen LogP contribution is 2.27. The standard InChI is InChI=1S/C22H21ClN2O3/c1-13(2)15-9-6-7-14(3)21(15)25-20(26)12-28-22(27)17-11-19(23)24-18-10-5-4-8-16(17)18/h4-11,13H,12H2,1-3H3,(H,25,26). The Bertz CT molecular complexity index is 1050. The number of hydrogen-bond acceptors (Lipinski definition) is 4. The molecule has 28 heavy (non-hydrogen) atoms. The topological polar surface area (TPSA) is 68.3 Å². The summed E-state index contributed by atoms with van der Waals surface area (Å²) in [5.74, 6) is -0.762. The molecule has 1 aromatic heterocycles. The lowest BCUT2D eigenvalue weighted by Crippen LogP contribution is -2.22. The van der Waals surface area contributed by atoms with Crippen LogP contribution in [0.3, 0.4) is 0 Å². The van der Waals surface area contributed by atoms with E-state index in [2.05, 4.69) is 24.1 Å². The molecule has 0 aliphatic heterocycles. The van der Waals surface area contributed by atoms with Crippen molar-refractivity contribution in [2.75, 3.05) is 11.9 Å². The number of nitrogens with one attached hydrogen (secondary N) is 1. The van der Waals surface area contributed by atoms with Crippen LogP contribution in [0.15, 0.2) is 48.5 Å². The Labute approximate surface area is 168 Å². The molecule has 3 aromatic rings. The van der Waals surface area contributed by atoms with Crippen molar-refractivity contribution in [1.82, 2.24) is 4.98 Å². The summed E-state index contributed by atoms with van der Waals surface area (Å²) in [6, 6.07) is 14.4. The highest BCUT2D eigenvalue weighted by molar-refractivity contribution is 6.30. The Balaban J connectivity index is 1.74. The molecule has 0 bridgehead atoms. The van der Waals surface area contributed by atoms with Gasteiger partial charge in [0, 0.05) is 11.1 Å². The van der Waals surface area contributed by atoms with Gasteiger partial charge in [-0.1, -0.05) is 61.8 Å². The number of para-hydroxylation sites is 2. The molecule has 0 aliphatic carbocycles. The third-order valence-electron chi connectivity index (χ3n) is 4.43. The van der Waals surface area contributed by atoms with E-state index in [0.29, 0.717) is 10.9 Å². The number of esters is 1. The zero-order valence-electron chi connectivity index (χ0n) is 16.0. The smallest absolute Gasteiger partial charge is 0.339 e. The van der Waals surface area contributed by atoms with Gasteiger partial charge in [0.1, 0.15) is 5.15 Å². The van der Waals surface area contributed by atoms with E-state index in [1.807, 2.05) is 31.2 Å². The summed E-state index contributed by atoms with van der Waals surface area (Å²) in [7, 11) is 0. The van der Waals surface area contributed by atoms with Gasteiger partial charge in [0.15, 0.2) is 6.61 Å². The molecule has 1 N–H and O–H groups in total. The number of rotatable bonds is 5. The number of anilines is 1. The first-order valence-corrected chi connectivity index (χ1v) is 9.36. The van der Waals surface area contributed by atoms with Gasteiger partial charge in [-0.15, -0.1) is 0 Å².